The van der Waals surface area contributed by atoms with Crippen LogP contribution in [0.5, 0.6) is 0 Å². The average Bonchev–Trinajstić information content (AvgIpc) is 2.94. The van der Waals surface area contributed by atoms with E-state index in [0.717, 1.165) is 18.4 Å². The van der Waals surface area contributed by atoms with E-state index in [0.29, 0.717) is 5.76 Å². The van der Waals surface area contributed by atoms with Crippen molar-refractivity contribution < 1.29 is 14.4 Å². The fourth-order valence-electron chi connectivity index (χ4n) is 2.49. The third-order valence-corrected chi connectivity index (χ3v) is 3.28. The lowest BCUT2D eigenvalue weighted by Crippen LogP contribution is -2.03. The van der Waals surface area contributed by atoms with Crippen LogP contribution in [0, 0.1) is 0 Å². The van der Waals surface area contributed by atoms with Crippen LogP contribution in [0.15, 0.2) is 35.0 Å². The van der Waals surface area contributed by atoms with Gasteiger partial charge in [-0.1, -0.05) is 29.4 Å². The minimum atomic E-state index is -0.981. The zero-order chi connectivity index (χ0) is 11.8. The fraction of sp³-hybridized carbons (Fsp3) is 0.231. The number of benzene rings is 1. The second-order valence-electron chi connectivity index (χ2n) is 4.20. The standard InChI is InChI=1S/C13H11NO3/c15-13(16)11-7-14-17-12(11)10-6-5-8-3-1-2-4-9(8)10/h1-4,7,10H,5-6H2,(H,15,16). The van der Waals surface area contributed by atoms with Crippen LogP contribution >= 0.6 is 0 Å². The smallest absolute Gasteiger partial charge is 0.340 e. The maximum Gasteiger partial charge on any atom is 0.340 e. The first-order chi connectivity index (χ1) is 8.27. The molecule has 0 radical (unpaired) electrons. The molecule has 1 aromatic heterocycles. The van der Waals surface area contributed by atoms with Crippen LogP contribution in [-0.4, -0.2) is 16.2 Å². The molecule has 0 aliphatic heterocycles. The van der Waals surface area contributed by atoms with Gasteiger partial charge in [-0.15, -0.1) is 0 Å². The van der Waals surface area contributed by atoms with E-state index in [1.165, 1.54) is 11.8 Å². The molecule has 1 N–H and O–H groups in total. The molecule has 1 heterocycles. The molecular formula is C13H11NO3. The third kappa shape index (κ3) is 1.53. The summed E-state index contributed by atoms with van der Waals surface area (Å²) in [4.78, 5) is 11.1. The van der Waals surface area contributed by atoms with Crippen molar-refractivity contribution in [2.24, 2.45) is 0 Å². The van der Waals surface area contributed by atoms with E-state index >= 15 is 0 Å². The predicted molar refractivity (Wildman–Crippen MR) is 60.1 cm³/mol. The van der Waals surface area contributed by atoms with E-state index in [4.69, 9.17) is 9.63 Å². The van der Waals surface area contributed by atoms with E-state index in [1.54, 1.807) is 0 Å². The highest BCUT2D eigenvalue weighted by atomic mass is 16.5. The molecule has 0 bridgehead atoms. The summed E-state index contributed by atoms with van der Waals surface area (Å²) in [6, 6.07) is 8.07. The van der Waals surface area contributed by atoms with Crippen LogP contribution in [0.2, 0.25) is 0 Å². The Bertz CT molecular complexity index is 574. The predicted octanol–water partition coefficient (Wildman–Crippen LogP) is 2.45. The zero-order valence-corrected chi connectivity index (χ0v) is 9.09. The molecule has 1 atom stereocenters. The van der Waals surface area contributed by atoms with Crippen molar-refractivity contribution in [2.75, 3.05) is 0 Å². The lowest BCUT2D eigenvalue weighted by atomic mass is 9.96. The van der Waals surface area contributed by atoms with Crippen molar-refractivity contribution in [1.29, 1.82) is 0 Å². The van der Waals surface area contributed by atoms with Crippen molar-refractivity contribution in [2.45, 2.75) is 18.8 Å². The lowest BCUT2D eigenvalue weighted by Gasteiger charge is -2.08. The zero-order valence-electron chi connectivity index (χ0n) is 9.09. The lowest BCUT2D eigenvalue weighted by molar-refractivity contribution is 0.0694. The van der Waals surface area contributed by atoms with Gasteiger partial charge in [-0.3, -0.25) is 0 Å². The third-order valence-electron chi connectivity index (χ3n) is 3.28. The van der Waals surface area contributed by atoms with E-state index in [1.807, 2.05) is 18.2 Å². The first-order valence-corrected chi connectivity index (χ1v) is 5.53. The molecular weight excluding hydrogens is 218 g/mol. The largest absolute Gasteiger partial charge is 0.478 e. The minimum absolute atomic E-state index is 0.0276. The Morgan fingerprint density at radius 1 is 1.41 bits per heavy atom. The summed E-state index contributed by atoms with van der Waals surface area (Å²) in [5.41, 5.74) is 2.60. The Balaban J connectivity index is 2.07. The SMILES string of the molecule is O=C(O)c1cnoc1C1CCc2ccccc21. The number of hydrogen-bond acceptors (Lipinski definition) is 3. The Morgan fingerprint density at radius 3 is 3.06 bits per heavy atom. The minimum Gasteiger partial charge on any atom is -0.478 e. The van der Waals surface area contributed by atoms with Gasteiger partial charge >= 0.3 is 5.97 Å². The monoisotopic (exact) mass is 229 g/mol. The van der Waals surface area contributed by atoms with Crippen molar-refractivity contribution >= 4 is 5.97 Å². The van der Waals surface area contributed by atoms with E-state index in [2.05, 4.69) is 11.2 Å². The Kier molecular flexibility index (Phi) is 2.21. The maximum absolute atomic E-state index is 11.1. The molecule has 1 aliphatic carbocycles. The number of carboxylic acid groups (broad SMARTS) is 1. The van der Waals surface area contributed by atoms with E-state index in [9.17, 15) is 4.79 Å². The van der Waals surface area contributed by atoms with Crippen LogP contribution in [0.3, 0.4) is 0 Å². The highest BCUT2D eigenvalue weighted by Crippen LogP contribution is 2.39. The molecule has 86 valence electrons. The van der Waals surface area contributed by atoms with E-state index in [-0.39, 0.29) is 11.5 Å². The molecule has 3 rings (SSSR count). The van der Waals surface area contributed by atoms with Crippen LogP contribution in [-0.2, 0) is 6.42 Å². The molecule has 0 fully saturated rings. The number of aromatic carboxylic acids is 1. The molecule has 0 saturated carbocycles. The van der Waals surface area contributed by atoms with Gasteiger partial charge in [-0.05, 0) is 24.0 Å². The molecule has 17 heavy (non-hydrogen) atoms. The molecule has 0 saturated heterocycles. The first-order valence-electron chi connectivity index (χ1n) is 5.53. The van der Waals surface area contributed by atoms with Crippen LogP contribution < -0.4 is 0 Å². The molecule has 1 aromatic carbocycles. The maximum atomic E-state index is 11.1. The molecule has 4 heteroatoms. The van der Waals surface area contributed by atoms with Crippen molar-refractivity contribution in [3.63, 3.8) is 0 Å². The highest BCUT2D eigenvalue weighted by molar-refractivity contribution is 5.88. The molecule has 0 spiro atoms. The van der Waals surface area contributed by atoms with Crippen molar-refractivity contribution in [1.82, 2.24) is 5.16 Å². The Hall–Kier alpha value is -2.10. The van der Waals surface area contributed by atoms with Crippen molar-refractivity contribution in [3.05, 3.63) is 52.9 Å². The van der Waals surface area contributed by atoms with Gasteiger partial charge in [0.1, 0.15) is 5.56 Å². The number of aromatic nitrogens is 1. The summed E-state index contributed by atoms with van der Waals surface area (Å²) in [6.45, 7) is 0. The summed E-state index contributed by atoms with van der Waals surface area (Å²) in [7, 11) is 0. The van der Waals surface area contributed by atoms with Gasteiger partial charge in [0, 0.05) is 5.92 Å². The summed E-state index contributed by atoms with van der Waals surface area (Å²) >= 11 is 0. The van der Waals surface area contributed by atoms with Gasteiger partial charge in [0.25, 0.3) is 0 Å². The second-order valence-corrected chi connectivity index (χ2v) is 4.20. The molecule has 2 aromatic rings. The quantitative estimate of drug-likeness (QED) is 0.859. The van der Waals surface area contributed by atoms with Gasteiger partial charge in [0.15, 0.2) is 5.76 Å². The Morgan fingerprint density at radius 2 is 2.24 bits per heavy atom. The van der Waals surface area contributed by atoms with Crippen molar-refractivity contribution in [3.8, 4) is 0 Å². The molecule has 4 nitrogen and oxygen atoms in total. The number of hydrogen-bond donors (Lipinski definition) is 1. The van der Waals surface area contributed by atoms with Gasteiger partial charge in [-0.25, -0.2) is 4.79 Å². The van der Waals surface area contributed by atoms with Crippen LogP contribution in [0.4, 0.5) is 0 Å². The van der Waals surface area contributed by atoms with Gasteiger partial charge in [0.05, 0.1) is 6.20 Å². The topological polar surface area (TPSA) is 63.3 Å². The van der Waals surface area contributed by atoms with Gasteiger partial charge in [0.2, 0.25) is 0 Å². The summed E-state index contributed by atoms with van der Waals surface area (Å²) in [6.07, 6.45) is 3.12. The number of aryl methyl sites for hydroxylation is 1. The fourth-order valence-corrected chi connectivity index (χ4v) is 2.49. The summed E-state index contributed by atoms with van der Waals surface area (Å²) < 4.78 is 5.14. The van der Waals surface area contributed by atoms with E-state index < -0.39 is 5.97 Å². The normalized spacial score (nSPS) is 18.0. The van der Waals surface area contributed by atoms with Gasteiger partial charge in [-0.2, -0.15) is 0 Å². The summed E-state index contributed by atoms with van der Waals surface area (Å²) in [5.74, 6) is -0.479. The average molecular weight is 229 g/mol. The van der Waals surface area contributed by atoms with Crippen LogP contribution in [0.25, 0.3) is 0 Å². The number of rotatable bonds is 2. The highest BCUT2D eigenvalue weighted by Gasteiger charge is 2.30. The Labute approximate surface area is 97.9 Å². The number of nitrogens with zero attached hydrogens (tertiary/aromatic N) is 1. The number of fused-ring (bicyclic) bond motifs is 1. The molecule has 1 aliphatic rings. The summed E-state index contributed by atoms with van der Waals surface area (Å²) in [5, 5.41) is 12.7. The second kappa shape index (κ2) is 3.73. The van der Waals surface area contributed by atoms with Crippen LogP contribution in [0.1, 0.15) is 39.6 Å². The first kappa shape index (κ1) is 10.1. The molecule has 1 unspecified atom stereocenters. The van der Waals surface area contributed by atoms with Gasteiger partial charge < -0.3 is 9.63 Å². The number of carboxylic acids is 1. The number of carbonyl (C=O) groups is 1. The molecule has 0 amide bonds.